The highest BCUT2D eigenvalue weighted by atomic mass is 16.8. The monoisotopic (exact) mass is 158 g/mol. The first-order valence-electron chi connectivity index (χ1n) is 3.35. The summed E-state index contributed by atoms with van der Waals surface area (Å²) in [5, 5.41) is 0. The number of cyclic esters (lactones) is 2. The van der Waals surface area contributed by atoms with Gasteiger partial charge in [-0.3, -0.25) is 0 Å². The Morgan fingerprint density at radius 3 is 3.18 bits per heavy atom. The predicted molar refractivity (Wildman–Crippen MR) is 37.2 cm³/mol. The lowest BCUT2D eigenvalue weighted by Crippen LogP contribution is -2.17. The summed E-state index contributed by atoms with van der Waals surface area (Å²) < 4.78 is 14.3. The summed E-state index contributed by atoms with van der Waals surface area (Å²) in [4.78, 5) is 10.4. The van der Waals surface area contributed by atoms with Crippen LogP contribution in [0.15, 0.2) is 12.7 Å². The van der Waals surface area contributed by atoms with Crippen molar-refractivity contribution < 1.29 is 19.0 Å². The molecule has 62 valence electrons. The van der Waals surface area contributed by atoms with E-state index in [0.29, 0.717) is 13.2 Å². The largest absolute Gasteiger partial charge is 0.508 e. The number of rotatable bonds is 4. The third kappa shape index (κ3) is 2.59. The lowest BCUT2D eigenvalue weighted by atomic mass is 10.4. The van der Waals surface area contributed by atoms with E-state index in [1.807, 2.05) is 0 Å². The molecule has 1 fully saturated rings. The van der Waals surface area contributed by atoms with E-state index in [0.717, 1.165) is 0 Å². The van der Waals surface area contributed by atoms with Crippen LogP contribution in [-0.2, 0) is 14.2 Å². The molecule has 1 saturated heterocycles. The van der Waals surface area contributed by atoms with Crippen LogP contribution in [0.25, 0.3) is 0 Å². The van der Waals surface area contributed by atoms with E-state index >= 15 is 0 Å². The molecule has 4 heteroatoms. The van der Waals surface area contributed by atoms with Crippen molar-refractivity contribution in [1.29, 1.82) is 0 Å². The highest BCUT2D eigenvalue weighted by Crippen LogP contribution is 2.05. The molecule has 1 aliphatic heterocycles. The second-order valence-corrected chi connectivity index (χ2v) is 2.13. The van der Waals surface area contributed by atoms with E-state index in [-0.39, 0.29) is 12.7 Å². The minimum Gasteiger partial charge on any atom is -0.430 e. The first-order chi connectivity index (χ1) is 5.33. The maximum Gasteiger partial charge on any atom is 0.508 e. The zero-order valence-corrected chi connectivity index (χ0v) is 6.12. The van der Waals surface area contributed by atoms with Crippen molar-refractivity contribution in [3.8, 4) is 0 Å². The SMILES string of the molecule is C=CCOC[C@H]1COC(=O)O1. The Morgan fingerprint density at radius 2 is 2.64 bits per heavy atom. The highest BCUT2D eigenvalue weighted by molar-refractivity contribution is 5.61. The van der Waals surface area contributed by atoms with Gasteiger partial charge in [-0.2, -0.15) is 0 Å². The zero-order chi connectivity index (χ0) is 8.10. The van der Waals surface area contributed by atoms with Gasteiger partial charge in [0.1, 0.15) is 6.61 Å². The van der Waals surface area contributed by atoms with E-state index in [9.17, 15) is 4.79 Å². The third-order valence-corrected chi connectivity index (χ3v) is 1.19. The fourth-order valence-electron chi connectivity index (χ4n) is 0.730. The lowest BCUT2D eigenvalue weighted by Gasteiger charge is -2.04. The summed E-state index contributed by atoms with van der Waals surface area (Å²) >= 11 is 0. The summed E-state index contributed by atoms with van der Waals surface area (Å²) in [6.07, 6.45) is 0.775. The molecule has 0 aromatic carbocycles. The van der Waals surface area contributed by atoms with Gasteiger partial charge in [0.05, 0.1) is 13.2 Å². The Hall–Kier alpha value is -1.03. The minimum absolute atomic E-state index is 0.248. The molecule has 0 saturated carbocycles. The van der Waals surface area contributed by atoms with Crippen molar-refractivity contribution in [2.24, 2.45) is 0 Å². The van der Waals surface area contributed by atoms with Gasteiger partial charge in [0.2, 0.25) is 0 Å². The lowest BCUT2D eigenvalue weighted by molar-refractivity contribution is 0.0577. The van der Waals surface area contributed by atoms with Crippen LogP contribution < -0.4 is 0 Å². The Balaban J connectivity index is 2.08. The third-order valence-electron chi connectivity index (χ3n) is 1.19. The second-order valence-electron chi connectivity index (χ2n) is 2.13. The molecule has 1 heterocycles. The maximum absolute atomic E-state index is 10.4. The van der Waals surface area contributed by atoms with E-state index < -0.39 is 6.16 Å². The molecule has 1 rings (SSSR count). The van der Waals surface area contributed by atoms with Crippen LogP contribution in [-0.4, -0.2) is 32.1 Å². The van der Waals surface area contributed by atoms with Crippen molar-refractivity contribution in [3.05, 3.63) is 12.7 Å². The van der Waals surface area contributed by atoms with Gasteiger partial charge in [-0.1, -0.05) is 6.08 Å². The molecule has 11 heavy (non-hydrogen) atoms. The van der Waals surface area contributed by atoms with Crippen molar-refractivity contribution in [2.75, 3.05) is 19.8 Å². The quantitative estimate of drug-likeness (QED) is 0.343. The van der Waals surface area contributed by atoms with E-state index in [4.69, 9.17) is 4.74 Å². The topological polar surface area (TPSA) is 44.8 Å². The van der Waals surface area contributed by atoms with Crippen LogP contribution in [0.4, 0.5) is 4.79 Å². The van der Waals surface area contributed by atoms with Gasteiger partial charge in [-0.15, -0.1) is 6.58 Å². The van der Waals surface area contributed by atoms with Gasteiger partial charge < -0.3 is 14.2 Å². The molecule has 0 radical (unpaired) electrons. The first kappa shape index (κ1) is 8.07. The fraction of sp³-hybridized carbons (Fsp3) is 0.571. The standard InChI is InChI=1S/C7H10O4/c1-2-3-9-4-6-5-10-7(8)11-6/h2,6H,1,3-5H2/t6-/m0/s1. The summed E-state index contributed by atoms with van der Waals surface area (Å²) in [7, 11) is 0. The molecule has 0 amide bonds. The molecule has 0 bridgehead atoms. The summed E-state index contributed by atoms with van der Waals surface area (Å²) in [5.74, 6) is 0. The van der Waals surface area contributed by atoms with Gasteiger partial charge in [-0.25, -0.2) is 4.79 Å². The van der Waals surface area contributed by atoms with Crippen LogP contribution in [0.2, 0.25) is 0 Å². The van der Waals surface area contributed by atoms with Crippen LogP contribution in [0.5, 0.6) is 0 Å². The summed E-state index contributed by atoms with van der Waals surface area (Å²) in [6, 6.07) is 0. The van der Waals surface area contributed by atoms with Gasteiger partial charge in [0.15, 0.2) is 6.10 Å². The zero-order valence-electron chi connectivity index (χ0n) is 6.12. The molecule has 1 aliphatic rings. The Bertz CT molecular complexity index is 155. The van der Waals surface area contributed by atoms with Crippen LogP contribution in [0, 0.1) is 0 Å². The predicted octanol–water partition coefficient (Wildman–Crippen LogP) is 0.724. The van der Waals surface area contributed by atoms with E-state index in [2.05, 4.69) is 16.1 Å². The van der Waals surface area contributed by atoms with E-state index in [1.165, 1.54) is 0 Å². The van der Waals surface area contributed by atoms with Crippen LogP contribution >= 0.6 is 0 Å². The highest BCUT2D eigenvalue weighted by Gasteiger charge is 2.24. The minimum atomic E-state index is -0.614. The maximum atomic E-state index is 10.4. The average molecular weight is 158 g/mol. The number of hydrogen-bond acceptors (Lipinski definition) is 4. The molecular formula is C7H10O4. The Morgan fingerprint density at radius 1 is 1.82 bits per heavy atom. The average Bonchev–Trinajstić information content (AvgIpc) is 2.37. The second kappa shape index (κ2) is 3.98. The molecule has 0 unspecified atom stereocenters. The first-order valence-corrected chi connectivity index (χ1v) is 3.35. The molecule has 0 aromatic rings. The van der Waals surface area contributed by atoms with Crippen molar-refractivity contribution in [2.45, 2.75) is 6.10 Å². The Kier molecular flexibility index (Phi) is 2.92. The number of ether oxygens (including phenoxy) is 3. The number of hydrogen-bond donors (Lipinski definition) is 0. The van der Waals surface area contributed by atoms with Gasteiger partial charge in [-0.05, 0) is 0 Å². The van der Waals surface area contributed by atoms with Crippen molar-refractivity contribution in [1.82, 2.24) is 0 Å². The molecular weight excluding hydrogens is 148 g/mol. The van der Waals surface area contributed by atoms with Crippen LogP contribution in [0.1, 0.15) is 0 Å². The van der Waals surface area contributed by atoms with Crippen molar-refractivity contribution >= 4 is 6.16 Å². The molecule has 0 N–H and O–H groups in total. The number of carbonyl (C=O) groups excluding carboxylic acids is 1. The molecule has 1 atom stereocenters. The normalized spacial score (nSPS) is 22.5. The van der Waals surface area contributed by atoms with Gasteiger partial charge in [0.25, 0.3) is 0 Å². The Labute approximate surface area is 64.7 Å². The van der Waals surface area contributed by atoms with Crippen LogP contribution in [0.3, 0.4) is 0 Å². The molecule has 4 nitrogen and oxygen atoms in total. The molecule has 0 aliphatic carbocycles. The fourth-order valence-corrected chi connectivity index (χ4v) is 0.730. The molecule has 0 spiro atoms. The van der Waals surface area contributed by atoms with E-state index in [1.54, 1.807) is 6.08 Å². The summed E-state index contributed by atoms with van der Waals surface area (Å²) in [5.41, 5.74) is 0. The number of carbonyl (C=O) groups is 1. The smallest absolute Gasteiger partial charge is 0.430 e. The molecule has 0 aromatic heterocycles. The van der Waals surface area contributed by atoms with Gasteiger partial charge >= 0.3 is 6.16 Å². The van der Waals surface area contributed by atoms with Gasteiger partial charge in [0, 0.05) is 0 Å². The van der Waals surface area contributed by atoms with Crippen molar-refractivity contribution in [3.63, 3.8) is 0 Å². The summed E-state index contributed by atoms with van der Waals surface area (Å²) in [6.45, 7) is 4.60.